The molecular formula is C13H20N4O3. The molecule has 0 aromatic carbocycles. The van der Waals surface area contributed by atoms with Gasteiger partial charge in [0.25, 0.3) is 5.91 Å². The number of rotatable bonds is 3. The van der Waals surface area contributed by atoms with Gasteiger partial charge in [-0.2, -0.15) is 0 Å². The number of aromatic amines is 1. The second-order valence-electron chi connectivity index (χ2n) is 6.28. The molecule has 1 aliphatic carbocycles. The van der Waals surface area contributed by atoms with Crippen molar-refractivity contribution >= 4 is 11.9 Å². The summed E-state index contributed by atoms with van der Waals surface area (Å²) in [6.07, 6.45) is 1.75. The minimum Gasteiger partial charge on any atom is -0.481 e. The summed E-state index contributed by atoms with van der Waals surface area (Å²) >= 11 is 0. The lowest BCUT2D eigenvalue weighted by molar-refractivity contribution is -0.141. The maximum absolute atomic E-state index is 12.0. The molecule has 20 heavy (non-hydrogen) atoms. The standard InChI is InChI=1S/C13H20N4O3/c1-13(2,3)12-15-9(16-17-12)10(18)14-8-5-4-7(6-8)11(19)20/h7-8H,4-6H2,1-3H3,(H,14,18)(H,19,20)(H,15,16,17). The summed E-state index contributed by atoms with van der Waals surface area (Å²) < 4.78 is 0. The zero-order valence-electron chi connectivity index (χ0n) is 11.9. The highest BCUT2D eigenvalue weighted by Crippen LogP contribution is 2.25. The number of carbonyl (C=O) groups excluding carboxylic acids is 1. The molecule has 0 bridgehead atoms. The van der Waals surface area contributed by atoms with Gasteiger partial charge in [-0.15, -0.1) is 5.10 Å². The SMILES string of the molecule is CC(C)(C)c1nc(C(=O)NC2CCC(C(=O)O)C2)n[nH]1. The summed E-state index contributed by atoms with van der Waals surface area (Å²) in [5, 5.41) is 18.4. The minimum atomic E-state index is -0.797. The zero-order chi connectivity index (χ0) is 14.9. The molecule has 3 N–H and O–H groups in total. The van der Waals surface area contributed by atoms with E-state index in [0.29, 0.717) is 25.1 Å². The van der Waals surface area contributed by atoms with Crippen molar-refractivity contribution in [3.05, 3.63) is 11.6 Å². The van der Waals surface area contributed by atoms with Gasteiger partial charge in [0.1, 0.15) is 5.82 Å². The van der Waals surface area contributed by atoms with E-state index in [1.807, 2.05) is 20.8 Å². The van der Waals surface area contributed by atoms with E-state index >= 15 is 0 Å². The van der Waals surface area contributed by atoms with Gasteiger partial charge in [0.15, 0.2) is 0 Å². The van der Waals surface area contributed by atoms with Crippen LogP contribution in [0.4, 0.5) is 0 Å². The van der Waals surface area contributed by atoms with E-state index in [9.17, 15) is 9.59 Å². The number of H-pyrrole nitrogens is 1. The average molecular weight is 280 g/mol. The molecule has 110 valence electrons. The molecule has 7 heteroatoms. The fraction of sp³-hybridized carbons (Fsp3) is 0.692. The van der Waals surface area contributed by atoms with Crippen LogP contribution in [0.1, 0.15) is 56.5 Å². The van der Waals surface area contributed by atoms with Crippen LogP contribution in [0.15, 0.2) is 0 Å². The second kappa shape index (κ2) is 5.22. The van der Waals surface area contributed by atoms with Crippen molar-refractivity contribution in [2.45, 2.75) is 51.5 Å². The largest absolute Gasteiger partial charge is 0.481 e. The highest BCUT2D eigenvalue weighted by Gasteiger charge is 2.31. The summed E-state index contributed by atoms with van der Waals surface area (Å²) in [6.45, 7) is 5.93. The van der Waals surface area contributed by atoms with Gasteiger partial charge in [-0.1, -0.05) is 20.8 Å². The number of nitrogens with zero attached hydrogens (tertiary/aromatic N) is 2. The van der Waals surface area contributed by atoms with Crippen LogP contribution in [0, 0.1) is 5.92 Å². The minimum absolute atomic E-state index is 0.105. The molecule has 0 aliphatic heterocycles. The monoisotopic (exact) mass is 280 g/mol. The smallest absolute Gasteiger partial charge is 0.306 e. The quantitative estimate of drug-likeness (QED) is 0.768. The summed E-state index contributed by atoms with van der Waals surface area (Å²) in [5.74, 6) is -0.758. The summed E-state index contributed by atoms with van der Waals surface area (Å²) in [6, 6.07) is -0.111. The van der Waals surface area contributed by atoms with Crippen LogP contribution in [-0.4, -0.2) is 38.2 Å². The number of carboxylic acid groups (broad SMARTS) is 1. The van der Waals surface area contributed by atoms with Crippen LogP contribution in [0.2, 0.25) is 0 Å². The van der Waals surface area contributed by atoms with E-state index in [4.69, 9.17) is 5.11 Å². The molecule has 2 unspecified atom stereocenters. The fourth-order valence-corrected chi connectivity index (χ4v) is 2.29. The van der Waals surface area contributed by atoms with Crippen molar-refractivity contribution < 1.29 is 14.7 Å². The van der Waals surface area contributed by atoms with E-state index in [1.165, 1.54) is 0 Å². The third-order valence-corrected chi connectivity index (χ3v) is 3.52. The van der Waals surface area contributed by atoms with E-state index in [1.54, 1.807) is 0 Å². The van der Waals surface area contributed by atoms with Gasteiger partial charge >= 0.3 is 5.97 Å². The highest BCUT2D eigenvalue weighted by molar-refractivity contribution is 5.90. The van der Waals surface area contributed by atoms with Gasteiger partial charge in [0.05, 0.1) is 5.92 Å². The Hall–Kier alpha value is -1.92. The molecule has 2 rings (SSSR count). The Balaban J connectivity index is 1.96. The molecule has 0 radical (unpaired) electrons. The average Bonchev–Trinajstić information content (AvgIpc) is 2.95. The molecule has 0 saturated heterocycles. The van der Waals surface area contributed by atoms with Crippen molar-refractivity contribution in [3.8, 4) is 0 Å². The van der Waals surface area contributed by atoms with Crippen LogP contribution >= 0.6 is 0 Å². The second-order valence-corrected chi connectivity index (χ2v) is 6.28. The molecule has 1 fully saturated rings. The Labute approximate surface area is 117 Å². The number of aliphatic carboxylic acids is 1. The molecule has 0 spiro atoms. The Morgan fingerprint density at radius 2 is 2.05 bits per heavy atom. The predicted octanol–water partition coefficient (Wildman–Crippen LogP) is 1.09. The number of nitrogens with one attached hydrogen (secondary N) is 2. The van der Waals surface area contributed by atoms with Crippen molar-refractivity contribution in [2.24, 2.45) is 5.92 Å². The molecular weight excluding hydrogens is 260 g/mol. The number of hydrogen-bond acceptors (Lipinski definition) is 4. The van der Waals surface area contributed by atoms with E-state index in [-0.39, 0.29) is 29.1 Å². The van der Waals surface area contributed by atoms with Gasteiger partial charge in [0, 0.05) is 11.5 Å². The van der Waals surface area contributed by atoms with Gasteiger partial charge < -0.3 is 10.4 Å². The molecule has 2 atom stereocenters. The lowest BCUT2D eigenvalue weighted by Gasteiger charge is -2.13. The first kappa shape index (κ1) is 14.5. The van der Waals surface area contributed by atoms with Gasteiger partial charge in [-0.05, 0) is 19.3 Å². The van der Waals surface area contributed by atoms with Crippen molar-refractivity contribution in [3.63, 3.8) is 0 Å². The summed E-state index contributed by atoms with van der Waals surface area (Å²) in [5.41, 5.74) is -0.201. The molecule has 7 nitrogen and oxygen atoms in total. The number of hydrogen-bond donors (Lipinski definition) is 3. The van der Waals surface area contributed by atoms with E-state index in [0.717, 1.165) is 0 Å². The highest BCUT2D eigenvalue weighted by atomic mass is 16.4. The number of carboxylic acids is 1. The van der Waals surface area contributed by atoms with E-state index < -0.39 is 5.97 Å². The van der Waals surface area contributed by atoms with E-state index in [2.05, 4.69) is 20.5 Å². The topological polar surface area (TPSA) is 108 Å². The molecule has 1 aromatic rings. The lowest BCUT2D eigenvalue weighted by atomic mass is 9.96. The lowest BCUT2D eigenvalue weighted by Crippen LogP contribution is -2.34. The Kier molecular flexibility index (Phi) is 3.78. The molecule has 1 saturated carbocycles. The summed E-state index contributed by atoms with van der Waals surface area (Å²) in [4.78, 5) is 27.1. The van der Waals surface area contributed by atoms with Crippen molar-refractivity contribution in [1.82, 2.24) is 20.5 Å². The third kappa shape index (κ3) is 3.15. The number of aromatic nitrogens is 3. The molecule has 1 aliphatic rings. The van der Waals surface area contributed by atoms with Crippen molar-refractivity contribution in [1.29, 1.82) is 0 Å². The van der Waals surface area contributed by atoms with Crippen molar-refractivity contribution in [2.75, 3.05) is 0 Å². The van der Waals surface area contributed by atoms with Crippen LogP contribution < -0.4 is 5.32 Å². The molecule has 1 heterocycles. The first-order valence-electron chi connectivity index (χ1n) is 6.74. The maximum Gasteiger partial charge on any atom is 0.306 e. The first-order valence-corrected chi connectivity index (χ1v) is 6.74. The Bertz CT molecular complexity index is 518. The van der Waals surface area contributed by atoms with Gasteiger partial charge in [0.2, 0.25) is 5.82 Å². The summed E-state index contributed by atoms with van der Waals surface area (Å²) in [7, 11) is 0. The maximum atomic E-state index is 12.0. The zero-order valence-corrected chi connectivity index (χ0v) is 11.9. The van der Waals surface area contributed by atoms with Crippen LogP contribution in [-0.2, 0) is 10.2 Å². The predicted molar refractivity (Wildman–Crippen MR) is 71.3 cm³/mol. The number of amides is 1. The van der Waals surface area contributed by atoms with Crippen LogP contribution in [0.25, 0.3) is 0 Å². The molecule has 1 aromatic heterocycles. The van der Waals surface area contributed by atoms with Gasteiger partial charge in [-0.25, -0.2) is 4.98 Å². The van der Waals surface area contributed by atoms with Crippen LogP contribution in [0.5, 0.6) is 0 Å². The molecule has 1 amide bonds. The van der Waals surface area contributed by atoms with Crippen LogP contribution in [0.3, 0.4) is 0 Å². The normalized spacial score (nSPS) is 22.8. The fourth-order valence-electron chi connectivity index (χ4n) is 2.29. The first-order chi connectivity index (χ1) is 9.27. The Morgan fingerprint density at radius 1 is 1.35 bits per heavy atom. The van der Waals surface area contributed by atoms with Gasteiger partial charge in [-0.3, -0.25) is 14.7 Å². The number of carbonyl (C=O) groups is 2. The third-order valence-electron chi connectivity index (χ3n) is 3.52. The Morgan fingerprint density at radius 3 is 2.55 bits per heavy atom.